The first kappa shape index (κ1) is 17.0. The molecule has 4 heteroatoms. The van der Waals surface area contributed by atoms with Crippen LogP contribution in [-0.4, -0.2) is 30.2 Å². The molecule has 3 rings (SSSR count). The number of ether oxygens (including phenoxy) is 1. The first-order valence-electron chi connectivity index (χ1n) is 8.84. The average molecular weight is 329 g/mol. The molecule has 0 heterocycles. The van der Waals surface area contributed by atoms with Gasteiger partial charge in [-0.1, -0.05) is 32.0 Å². The number of hydrogen-bond donors (Lipinski definition) is 0. The quantitative estimate of drug-likeness (QED) is 0.778. The third kappa shape index (κ3) is 2.27. The van der Waals surface area contributed by atoms with Gasteiger partial charge < -0.3 is 9.64 Å². The highest BCUT2D eigenvalue weighted by atomic mass is 16.5. The molecule has 0 radical (unpaired) electrons. The summed E-state index contributed by atoms with van der Waals surface area (Å²) in [5.74, 6) is 1.26. The van der Waals surface area contributed by atoms with Crippen LogP contribution in [0.25, 0.3) is 0 Å². The zero-order valence-electron chi connectivity index (χ0n) is 15.1. The fourth-order valence-electron chi connectivity index (χ4n) is 4.76. The molecular formula is C20H27NO3. The van der Waals surface area contributed by atoms with Gasteiger partial charge in [-0.25, -0.2) is 0 Å². The van der Waals surface area contributed by atoms with Gasteiger partial charge in [-0.05, 0) is 37.2 Å². The molecule has 0 aromatic heterocycles. The van der Waals surface area contributed by atoms with Crippen molar-refractivity contribution in [3.05, 3.63) is 29.8 Å². The van der Waals surface area contributed by atoms with Crippen LogP contribution in [0.5, 0.6) is 5.75 Å². The lowest BCUT2D eigenvalue weighted by Gasteiger charge is -2.38. The Hall–Kier alpha value is -1.84. The van der Waals surface area contributed by atoms with Gasteiger partial charge >= 0.3 is 0 Å². The third-order valence-corrected chi connectivity index (χ3v) is 6.29. The van der Waals surface area contributed by atoms with Crippen LogP contribution in [0.1, 0.15) is 45.6 Å². The van der Waals surface area contributed by atoms with Crippen LogP contribution in [0.3, 0.4) is 0 Å². The summed E-state index contributed by atoms with van der Waals surface area (Å²) in [6, 6.07) is 7.78. The van der Waals surface area contributed by atoms with Crippen LogP contribution in [-0.2, 0) is 16.1 Å². The maximum atomic E-state index is 13.3. The Morgan fingerprint density at radius 3 is 2.62 bits per heavy atom. The second kappa shape index (κ2) is 5.91. The Balaban J connectivity index is 1.85. The number of amides is 1. The molecular weight excluding hydrogens is 302 g/mol. The molecule has 2 unspecified atom stereocenters. The number of rotatable bonds is 5. The number of hydrogen-bond acceptors (Lipinski definition) is 3. The Kier molecular flexibility index (Phi) is 4.18. The Bertz CT molecular complexity index is 667. The smallest absolute Gasteiger partial charge is 0.236 e. The normalized spacial score (nSPS) is 27.3. The second-order valence-electron chi connectivity index (χ2n) is 7.69. The van der Waals surface area contributed by atoms with E-state index in [-0.39, 0.29) is 17.1 Å². The maximum absolute atomic E-state index is 13.3. The lowest BCUT2D eigenvalue weighted by molar-refractivity contribution is -0.152. The number of benzene rings is 1. The van der Waals surface area contributed by atoms with Gasteiger partial charge in [-0.15, -0.1) is 0 Å². The topological polar surface area (TPSA) is 46.6 Å². The molecule has 0 saturated heterocycles. The summed E-state index contributed by atoms with van der Waals surface area (Å²) < 4.78 is 5.66. The number of fused-ring (bicyclic) bond motifs is 2. The molecule has 2 aliphatic rings. The van der Waals surface area contributed by atoms with E-state index in [2.05, 4.69) is 13.8 Å². The molecule has 2 aliphatic carbocycles. The zero-order valence-corrected chi connectivity index (χ0v) is 15.1. The van der Waals surface area contributed by atoms with E-state index in [1.54, 1.807) is 11.9 Å². The Morgan fingerprint density at radius 1 is 1.33 bits per heavy atom. The molecule has 1 amide bonds. The van der Waals surface area contributed by atoms with E-state index in [1.165, 1.54) is 0 Å². The molecule has 2 saturated carbocycles. The Morgan fingerprint density at radius 2 is 2.04 bits per heavy atom. The van der Waals surface area contributed by atoms with E-state index >= 15 is 0 Å². The summed E-state index contributed by atoms with van der Waals surface area (Å²) in [5, 5.41) is 0. The van der Waals surface area contributed by atoms with Gasteiger partial charge in [0.1, 0.15) is 16.9 Å². The monoisotopic (exact) mass is 329 g/mol. The van der Waals surface area contributed by atoms with Crippen LogP contribution in [0.2, 0.25) is 0 Å². The molecule has 1 aromatic rings. The van der Waals surface area contributed by atoms with Crippen LogP contribution in [0, 0.1) is 16.7 Å². The molecule has 2 fully saturated rings. The van der Waals surface area contributed by atoms with Crippen molar-refractivity contribution in [3.8, 4) is 5.75 Å². The van der Waals surface area contributed by atoms with Crippen molar-refractivity contribution in [1.82, 2.24) is 4.90 Å². The number of para-hydroxylation sites is 1. The van der Waals surface area contributed by atoms with Gasteiger partial charge in [0.2, 0.25) is 5.91 Å². The van der Waals surface area contributed by atoms with Crippen molar-refractivity contribution in [2.24, 2.45) is 16.7 Å². The summed E-state index contributed by atoms with van der Waals surface area (Å²) in [6.45, 7) is 7.18. The van der Waals surface area contributed by atoms with Crippen molar-refractivity contribution in [1.29, 1.82) is 0 Å². The van der Waals surface area contributed by atoms with Crippen LogP contribution in [0.4, 0.5) is 0 Å². The first-order valence-corrected chi connectivity index (χ1v) is 8.84. The summed E-state index contributed by atoms with van der Waals surface area (Å²) in [7, 11) is 1.80. The fraction of sp³-hybridized carbons (Fsp3) is 0.600. The predicted octanol–water partition coefficient (Wildman–Crippen LogP) is 3.44. The minimum Gasteiger partial charge on any atom is -0.494 e. The molecule has 0 N–H and O–H groups in total. The molecule has 0 spiro atoms. The Labute approximate surface area is 144 Å². The van der Waals surface area contributed by atoms with Gasteiger partial charge in [0.15, 0.2) is 0 Å². The molecule has 24 heavy (non-hydrogen) atoms. The van der Waals surface area contributed by atoms with Crippen LogP contribution < -0.4 is 4.74 Å². The zero-order chi connectivity index (χ0) is 17.5. The second-order valence-corrected chi connectivity index (χ2v) is 7.69. The van der Waals surface area contributed by atoms with E-state index in [4.69, 9.17) is 4.74 Å². The van der Waals surface area contributed by atoms with Gasteiger partial charge in [0.25, 0.3) is 0 Å². The summed E-state index contributed by atoms with van der Waals surface area (Å²) in [5.41, 5.74) is -0.0913. The number of Topliss-reactive ketones (excluding diaryl/α,β-unsaturated/α-hetero) is 1. The van der Waals surface area contributed by atoms with Gasteiger partial charge in [-0.2, -0.15) is 0 Å². The highest BCUT2D eigenvalue weighted by Crippen LogP contribution is 2.64. The summed E-state index contributed by atoms with van der Waals surface area (Å²) >= 11 is 0. The van der Waals surface area contributed by atoms with Crippen molar-refractivity contribution in [3.63, 3.8) is 0 Å². The highest BCUT2D eigenvalue weighted by Gasteiger charge is 2.68. The highest BCUT2D eigenvalue weighted by molar-refractivity contribution is 6.09. The van der Waals surface area contributed by atoms with Crippen molar-refractivity contribution in [2.75, 3.05) is 13.7 Å². The lowest BCUT2D eigenvalue weighted by Crippen LogP contribution is -2.50. The van der Waals surface area contributed by atoms with Crippen molar-refractivity contribution in [2.45, 2.75) is 46.6 Å². The standard InChI is InChI=1S/C20H27NO3/c1-5-24-16-9-7-6-8-14(16)13-21(4)18(23)20-11-10-15(12-17(20)22)19(20,2)3/h6-9,15H,5,10-13H2,1-4H3. The number of nitrogens with zero attached hydrogens (tertiary/aromatic N) is 1. The molecule has 0 aliphatic heterocycles. The van der Waals surface area contributed by atoms with E-state index in [0.717, 1.165) is 17.7 Å². The van der Waals surface area contributed by atoms with E-state index in [1.807, 2.05) is 31.2 Å². The minimum atomic E-state index is -0.826. The molecule has 2 bridgehead atoms. The SMILES string of the molecule is CCOc1ccccc1CN(C)C(=O)C12CCC(CC1=O)C2(C)C. The molecule has 2 atom stereocenters. The average Bonchev–Trinajstić information content (AvgIpc) is 2.91. The molecule has 1 aromatic carbocycles. The lowest BCUT2D eigenvalue weighted by atomic mass is 9.68. The van der Waals surface area contributed by atoms with Gasteiger partial charge in [-0.3, -0.25) is 9.59 Å². The van der Waals surface area contributed by atoms with E-state index < -0.39 is 5.41 Å². The third-order valence-electron chi connectivity index (χ3n) is 6.29. The number of carbonyl (C=O) groups excluding carboxylic acids is 2. The maximum Gasteiger partial charge on any atom is 0.236 e. The largest absolute Gasteiger partial charge is 0.494 e. The van der Waals surface area contributed by atoms with E-state index in [0.29, 0.717) is 31.9 Å². The fourth-order valence-corrected chi connectivity index (χ4v) is 4.76. The number of ketones is 1. The first-order chi connectivity index (χ1) is 11.3. The van der Waals surface area contributed by atoms with E-state index in [9.17, 15) is 9.59 Å². The summed E-state index contributed by atoms with van der Waals surface area (Å²) in [6.07, 6.45) is 2.23. The molecule has 4 nitrogen and oxygen atoms in total. The minimum absolute atomic E-state index is 0.0243. The number of carbonyl (C=O) groups is 2. The van der Waals surface area contributed by atoms with Crippen LogP contribution in [0.15, 0.2) is 24.3 Å². The predicted molar refractivity (Wildman–Crippen MR) is 92.6 cm³/mol. The summed E-state index contributed by atoms with van der Waals surface area (Å²) in [4.78, 5) is 27.7. The van der Waals surface area contributed by atoms with Gasteiger partial charge in [0, 0.05) is 25.6 Å². The van der Waals surface area contributed by atoms with Crippen molar-refractivity contribution < 1.29 is 14.3 Å². The van der Waals surface area contributed by atoms with Crippen LogP contribution >= 0.6 is 0 Å². The molecule has 130 valence electrons. The van der Waals surface area contributed by atoms with Gasteiger partial charge in [0.05, 0.1) is 6.61 Å². The van der Waals surface area contributed by atoms with Crippen molar-refractivity contribution >= 4 is 11.7 Å².